The quantitative estimate of drug-likeness (QED) is 0.482. The molecule has 0 aliphatic heterocycles. The van der Waals surface area contributed by atoms with Gasteiger partial charge in [-0.25, -0.2) is 0 Å². The molecule has 1 aliphatic carbocycles. The molecular weight excluding hydrogens is 120 g/mol. The molecule has 0 saturated heterocycles. The molecule has 0 bridgehead atoms. The van der Waals surface area contributed by atoms with Crippen LogP contribution in [0.25, 0.3) is 0 Å². The molecule has 0 heteroatoms. The molecule has 1 saturated carbocycles. The maximum Gasteiger partial charge on any atom is -0.0357 e. The van der Waals surface area contributed by atoms with E-state index >= 15 is 0 Å². The lowest BCUT2D eigenvalue weighted by Crippen LogP contribution is -2.05. The molecule has 0 spiro atoms. The third kappa shape index (κ3) is 2.72. The Balaban J connectivity index is 2.21. The van der Waals surface area contributed by atoms with Crippen LogP contribution in [0.3, 0.4) is 0 Å². The van der Waals surface area contributed by atoms with Gasteiger partial charge in [-0.3, -0.25) is 0 Å². The molecule has 2 radical (unpaired) electrons. The van der Waals surface area contributed by atoms with Crippen LogP contribution in [0.1, 0.15) is 39.5 Å². The normalized spacial score (nSPS) is 36.6. The van der Waals surface area contributed by atoms with E-state index in [0.29, 0.717) is 0 Å². The first kappa shape index (κ1) is 8.10. The second-order valence-corrected chi connectivity index (χ2v) is 3.58. The first-order valence-corrected chi connectivity index (χ1v) is 4.45. The molecular formula is C10H18. The van der Waals surface area contributed by atoms with Crippen LogP contribution in [0.2, 0.25) is 0 Å². The Hall–Kier alpha value is 0. The monoisotopic (exact) mass is 138 g/mol. The van der Waals surface area contributed by atoms with Crippen LogP contribution >= 0.6 is 0 Å². The molecule has 0 aromatic heterocycles. The summed E-state index contributed by atoms with van der Waals surface area (Å²) in [5.41, 5.74) is 0. The van der Waals surface area contributed by atoms with Crippen molar-refractivity contribution in [3.63, 3.8) is 0 Å². The van der Waals surface area contributed by atoms with Crippen LogP contribution in [-0.2, 0) is 0 Å². The fourth-order valence-corrected chi connectivity index (χ4v) is 1.52. The van der Waals surface area contributed by atoms with Gasteiger partial charge in [0.1, 0.15) is 0 Å². The number of hydrogen-bond donors (Lipinski definition) is 0. The summed E-state index contributed by atoms with van der Waals surface area (Å²) in [7, 11) is 0. The molecule has 2 unspecified atom stereocenters. The first-order chi connectivity index (χ1) is 4.79. The lowest BCUT2D eigenvalue weighted by atomic mass is 9.88. The highest BCUT2D eigenvalue weighted by Crippen LogP contribution is 2.23. The van der Waals surface area contributed by atoms with Gasteiger partial charge in [0.05, 0.1) is 0 Å². The van der Waals surface area contributed by atoms with Gasteiger partial charge in [0.25, 0.3) is 0 Å². The van der Waals surface area contributed by atoms with Crippen molar-refractivity contribution in [2.45, 2.75) is 39.5 Å². The van der Waals surface area contributed by atoms with E-state index in [4.69, 9.17) is 0 Å². The number of rotatable bonds is 0. The second kappa shape index (κ2) is 4.00. The van der Waals surface area contributed by atoms with Crippen molar-refractivity contribution in [1.82, 2.24) is 0 Å². The Morgan fingerprint density at radius 2 is 1.30 bits per heavy atom. The zero-order valence-corrected chi connectivity index (χ0v) is 7.14. The lowest BCUT2D eigenvalue weighted by Gasteiger charge is -2.18. The second-order valence-electron chi connectivity index (χ2n) is 3.58. The highest BCUT2D eigenvalue weighted by Gasteiger charge is 2.10. The fourth-order valence-electron chi connectivity index (χ4n) is 1.52. The summed E-state index contributed by atoms with van der Waals surface area (Å²) in [5, 5.41) is 0. The molecule has 1 rings (SSSR count). The Labute approximate surface area is 65.0 Å². The van der Waals surface area contributed by atoms with Crippen molar-refractivity contribution in [2.75, 3.05) is 0 Å². The summed E-state index contributed by atoms with van der Waals surface area (Å²) in [6.45, 7) is 4.65. The third-order valence-corrected chi connectivity index (χ3v) is 2.38. The molecule has 2 atom stereocenters. The van der Waals surface area contributed by atoms with Gasteiger partial charge in [-0.2, -0.15) is 0 Å². The van der Waals surface area contributed by atoms with Crippen LogP contribution in [-0.4, -0.2) is 0 Å². The molecule has 0 amide bonds. The van der Waals surface area contributed by atoms with Crippen molar-refractivity contribution >= 4 is 0 Å². The van der Waals surface area contributed by atoms with Crippen molar-refractivity contribution in [3.8, 4) is 0 Å². The predicted octanol–water partition coefficient (Wildman–Crippen LogP) is 3.24. The van der Waals surface area contributed by atoms with Crippen molar-refractivity contribution in [1.29, 1.82) is 0 Å². The van der Waals surface area contributed by atoms with Crippen LogP contribution in [0.5, 0.6) is 0 Å². The molecule has 0 nitrogen and oxygen atoms in total. The van der Waals surface area contributed by atoms with Crippen LogP contribution < -0.4 is 0 Å². The first-order valence-electron chi connectivity index (χ1n) is 4.45. The van der Waals surface area contributed by atoms with E-state index in [1.165, 1.54) is 25.7 Å². The standard InChI is InChI=1S/C10H18/c1-9-5-3-7-10(2)8-4-6-9/h5,8-10H,3-4,6-7H2,1-2H3. The minimum absolute atomic E-state index is 0.851. The summed E-state index contributed by atoms with van der Waals surface area (Å²) in [5.74, 6) is 1.70. The summed E-state index contributed by atoms with van der Waals surface area (Å²) in [6.07, 6.45) is 10.3. The largest absolute Gasteiger partial charge is 0.0622 e. The van der Waals surface area contributed by atoms with E-state index in [-0.39, 0.29) is 0 Å². The van der Waals surface area contributed by atoms with E-state index in [1.54, 1.807) is 0 Å². The van der Waals surface area contributed by atoms with Crippen LogP contribution in [0.4, 0.5) is 0 Å². The van der Waals surface area contributed by atoms with Gasteiger partial charge in [0, 0.05) is 0 Å². The molecule has 1 fully saturated rings. The highest BCUT2D eigenvalue weighted by atomic mass is 14.2. The Morgan fingerprint density at radius 1 is 0.900 bits per heavy atom. The Morgan fingerprint density at radius 3 is 1.70 bits per heavy atom. The highest BCUT2D eigenvalue weighted by molar-refractivity contribution is 4.83. The molecule has 0 aromatic carbocycles. The van der Waals surface area contributed by atoms with Crippen molar-refractivity contribution in [2.24, 2.45) is 11.8 Å². The minimum Gasteiger partial charge on any atom is -0.0622 e. The maximum atomic E-state index is 2.48. The molecule has 0 aromatic rings. The van der Waals surface area contributed by atoms with Gasteiger partial charge in [0.15, 0.2) is 0 Å². The topological polar surface area (TPSA) is 0 Å². The van der Waals surface area contributed by atoms with Gasteiger partial charge in [0.2, 0.25) is 0 Å². The molecule has 58 valence electrons. The smallest absolute Gasteiger partial charge is 0.0357 e. The molecule has 1 aliphatic rings. The average molecular weight is 138 g/mol. The van der Waals surface area contributed by atoms with E-state index in [2.05, 4.69) is 26.7 Å². The summed E-state index contributed by atoms with van der Waals surface area (Å²) in [6, 6.07) is 0. The number of hydrogen-bond acceptors (Lipinski definition) is 0. The summed E-state index contributed by atoms with van der Waals surface area (Å²) in [4.78, 5) is 0. The Kier molecular flexibility index (Phi) is 3.24. The average Bonchev–Trinajstić information content (AvgIpc) is 1.84. The van der Waals surface area contributed by atoms with Gasteiger partial charge in [-0.1, -0.05) is 26.7 Å². The van der Waals surface area contributed by atoms with Gasteiger partial charge < -0.3 is 0 Å². The van der Waals surface area contributed by atoms with Gasteiger partial charge >= 0.3 is 0 Å². The minimum atomic E-state index is 0.851. The van der Waals surface area contributed by atoms with E-state index in [1.807, 2.05) is 0 Å². The summed E-state index contributed by atoms with van der Waals surface area (Å²) < 4.78 is 0. The van der Waals surface area contributed by atoms with Gasteiger partial charge in [-0.05, 0) is 37.5 Å². The third-order valence-electron chi connectivity index (χ3n) is 2.38. The van der Waals surface area contributed by atoms with E-state index in [0.717, 1.165) is 11.8 Å². The zero-order chi connectivity index (χ0) is 7.40. The fraction of sp³-hybridized carbons (Fsp3) is 0.800. The van der Waals surface area contributed by atoms with E-state index < -0.39 is 0 Å². The molecule has 10 heavy (non-hydrogen) atoms. The van der Waals surface area contributed by atoms with Gasteiger partial charge in [-0.15, -0.1) is 0 Å². The lowest BCUT2D eigenvalue weighted by molar-refractivity contribution is 0.472. The van der Waals surface area contributed by atoms with Crippen LogP contribution in [0, 0.1) is 24.7 Å². The predicted molar refractivity (Wildman–Crippen MR) is 45.4 cm³/mol. The summed E-state index contributed by atoms with van der Waals surface area (Å²) >= 11 is 0. The zero-order valence-electron chi connectivity index (χ0n) is 7.14. The van der Waals surface area contributed by atoms with Crippen molar-refractivity contribution in [3.05, 3.63) is 12.8 Å². The van der Waals surface area contributed by atoms with E-state index in [9.17, 15) is 0 Å². The molecule has 0 heterocycles. The van der Waals surface area contributed by atoms with Crippen LogP contribution in [0.15, 0.2) is 0 Å². The Bertz CT molecular complexity index is 66.0. The van der Waals surface area contributed by atoms with Crippen molar-refractivity contribution < 1.29 is 0 Å². The SMILES string of the molecule is CC1[CH]CCC(C)[CH]CC1. The molecule has 0 N–H and O–H groups in total. The maximum absolute atomic E-state index is 2.48.